The van der Waals surface area contributed by atoms with Crippen LogP contribution in [0.1, 0.15) is 36.8 Å². The maximum Gasteiger partial charge on any atom is 0.141 e. The number of fused-ring (bicyclic) bond motifs is 1. The second kappa shape index (κ2) is 6.57. The fraction of sp³-hybridized carbons (Fsp3) is 0.273. The Kier molecular flexibility index (Phi) is 4.05. The highest BCUT2D eigenvalue weighted by Crippen LogP contribution is 2.41. The quantitative estimate of drug-likeness (QED) is 0.427. The van der Waals surface area contributed by atoms with Crippen LogP contribution in [0.3, 0.4) is 0 Å². The summed E-state index contributed by atoms with van der Waals surface area (Å²) in [6, 6.07) is 13.4. The van der Waals surface area contributed by atoms with Crippen molar-refractivity contribution >= 4 is 22.8 Å². The van der Waals surface area contributed by atoms with Crippen molar-refractivity contribution in [1.82, 2.24) is 14.7 Å². The zero-order valence-electron chi connectivity index (χ0n) is 15.5. The first kappa shape index (κ1) is 16.6. The summed E-state index contributed by atoms with van der Waals surface area (Å²) >= 11 is 1.80. The van der Waals surface area contributed by atoms with Crippen LogP contribution in [0.25, 0.3) is 22.2 Å². The van der Waals surface area contributed by atoms with Gasteiger partial charge in [0, 0.05) is 44.7 Å². The third-order valence-electron chi connectivity index (χ3n) is 5.39. The molecule has 4 nitrogen and oxygen atoms in total. The van der Waals surface area contributed by atoms with Crippen LogP contribution in [0.2, 0.25) is 0 Å². The Balaban J connectivity index is 1.66. The van der Waals surface area contributed by atoms with Gasteiger partial charge in [0.1, 0.15) is 11.4 Å². The molecule has 27 heavy (non-hydrogen) atoms. The van der Waals surface area contributed by atoms with Gasteiger partial charge in [-0.3, -0.25) is 0 Å². The molecule has 1 saturated carbocycles. The minimum atomic E-state index is 0.579. The van der Waals surface area contributed by atoms with Crippen LogP contribution in [0, 0.1) is 13.8 Å². The SMILES string of the molecule is Cc1noc(C)c1-c1cnc2c(c1)c(Sc1ccccc1)cn2C1CCC1. The lowest BCUT2D eigenvalue weighted by Gasteiger charge is -2.27. The zero-order chi connectivity index (χ0) is 18.4. The van der Waals surface area contributed by atoms with Crippen molar-refractivity contribution in [1.29, 1.82) is 0 Å². The van der Waals surface area contributed by atoms with Crippen LogP contribution in [-0.2, 0) is 0 Å². The third-order valence-corrected chi connectivity index (χ3v) is 6.45. The van der Waals surface area contributed by atoms with Crippen molar-refractivity contribution in [2.45, 2.75) is 48.9 Å². The molecular weight excluding hydrogens is 354 g/mol. The standard InChI is InChI=1S/C22H21N3OS/c1-14-21(15(2)26-24-14)16-11-19-20(27-18-9-4-3-5-10-18)13-25(17-7-6-8-17)22(19)23-12-16/h3-5,9-13,17H,6-8H2,1-2H3. The first-order valence-corrected chi connectivity index (χ1v) is 10.2. The van der Waals surface area contributed by atoms with Gasteiger partial charge in [0.15, 0.2) is 0 Å². The van der Waals surface area contributed by atoms with Gasteiger partial charge in [-0.2, -0.15) is 0 Å². The largest absolute Gasteiger partial charge is 0.361 e. The van der Waals surface area contributed by atoms with Gasteiger partial charge in [0.05, 0.1) is 5.69 Å². The number of hydrogen-bond donors (Lipinski definition) is 0. The van der Waals surface area contributed by atoms with E-state index >= 15 is 0 Å². The maximum absolute atomic E-state index is 5.37. The number of rotatable bonds is 4. The molecule has 136 valence electrons. The maximum atomic E-state index is 5.37. The summed E-state index contributed by atoms with van der Waals surface area (Å²) < 4.78 is 7.75. The van der Waals surface area contributed by atoms with Crippen molar-refractivity contribution in [3.05, 3.63) is 60.2 Å². The molecule has 0 saturated heterocycles. The summed E-state index contributed by atoms with van der Waals surface area (Å²) in [5.74, 6) is 0.837. The Bertz CT molecular complexity index is 1090. The minimum absolute atomic E-state index is 0.579. The molecule has 5 rings (SSSR count). The molecule has 1 aromatic carbocycles. The molecule has 0 atom stereocenters. The van der Waals surface area contributed by atoms with Gasteiger partial charge in [-0.15, -0.1) is 0 Å². The highest BCUT2D eigenvalue weighted by Gasteiger charge is 2.24. The predicted octanol–water partition coefficient (Wildman–Crippen LogP) is 6.18. The number of nitrogens with zero attached hydrogens (tertiary/aromatic N) is 3. The molecule has 3 aromatic heterocycles. The van der Waals surface area contributed by atoms with E-state index in [0.717, 1.165) is 28.2 Å². The molecule has 0 N–H and O–H groups in total. The van der Waals surface area contributed by atoms with Crippen LogP contribution in [0.15, 0.2) is 63.1 Å². The third kappa shape index (κ3) is 2.86. The first-order valence-electron chi connectivity index (χ1n) is 9.37. The first-order chi connectivity index (χ1) is 13.2. The topological polar surface area (TPSA) is 43.9 Å². The number of benzene rings is 1. The van der Waals surface area contributed by atoms with E-state index in [0.29, 0.717) is 6.04 Å². The molecule has 1 aliphatic rings. The molecule has 1 aliphatic carbocycles. The molecule has 0 bridgehead atoms. The lowest BCUT2D eigenvalue weighted by Crippen LogP contribution is -2.16. The Hall–Kier alpha value is -2.53. The number of pyridine rings is 1. The highest BCUT2D eigenvalue weighted by molar-refractivity contribution is 7.99. The summed E-state index contributed by atoms with van der Waals surface area (Å²) in [5.41, 5.74) is 4.11. The molecule has 1 fully saturated rings. The molecule has 0 aliphatic heterocycles. The fourth-order valence-corrected chi connectivity index (χ4v) is 4.75. The number of aromatic nitrogens is 3. The summed E-state index contributed by atoms with van der Waals surface area (Å²) in [6.45, 7) is 3.94. The molecule has 0 amide bonds. The van der Waals surface area contributed by atoms with E-state index in [1.54, 1.807) is 11.8 Å². The summed E-state index contributed by atoms with van der Waals surface area (Å²) in [5, 5.41) is 5.31. The van der Waals surface area contributed by atoms with Gasteiger partial charge in [-0.25, -0.2) is 4.98 Å². The lowest BCUT2D eigenvalue weighted by molar-refractivity contribution is 0.319. The summed E-state index contributed by atoms with van der Waals surface area (Å²) in [4.78, 5) is 7.36. The normalized spacial score (nSPS) is 14.6. The van der Waals surface area contributed by atoms with Gasteiger partial charge in [-0.1, -0.05) is 35.1 Å². The van der Waals surface area contributed by atoms with Gasteiger partial charge < -0.3 is 9.09 Å². The second-order valence-electron chi connectivity index (χ2n) is 7.19. The lowest BCUT2D eigenvalue weighted by atomic mass is 9.93. The van der Waals surface area contributed by atoms with Crippen molar-refractivity contribution in [2.75, 3.05) is 0 Å². The zero-order valence-corrected chi connectivity index (χ0v) is 16.3. The van der Waals surface area contributed by atoms with Gasteiger partial charge >= 0.3 is 0 Å². The Morgan fingerprint density at radius 1 is 1.15 bits per heavy atom. The molecule has 3 heterocycles. The smallest absolute Gasteiger partial charge is 0.141 e. The van der Waals surface area contributed by atoms with Crippen LogP contribution < -0.4 is 0 Å². The van der Waals surface area contributed by atoms with Crippen molar-refractivity contribution in [3.63, 3.8) is 0 Å². The Morgan fingerprint density at radius 3 is 2.63 bits per heavy atom. The van der Waals surface area contributed by atoms with Crippen molar-refractivity contribution in [3.8, 4) is 11.1 Å². The van der Waals surface area contributed by atoms with Gasteiger partial charge in [0.25, 0.3) is 0 Å². The van der Waals surface area contributed by atoms with Crippen LogP contribution in [0.4, 0.5) is 0 Å². The van der Waals surface area contributed by atoms with E-state index in [2.05, 4.69) is 52.3 Å². The average Bonchev–Trinajstić information content (AvgIpc) is 3.14. The van der Waals surface area contributed by atoms with E-state index in [9.17, 15) is 0 Å². The van der Waals surface area contributed by atoms with E-state index in [1.807, 2.05) is 20.0 Å². The molecule has 4 aromatic rings. The Labute approximate surface area is 162 Å². The fourth-order valence-electron chi connectivity index (χ4n) is 3.77. The van der Waals surface area contributed by atoms with Gasteiger partial charge in [-0.05, 0) is 51.3 Å². The Morgan fingerprint density at radius 2 is 1.96 bits per heavy atom. The van der Waals surface area contributed by atoms with Gasteiger partial charge in [0.2, 0.25) is 0 Å². The highest BCUT2D eigenvalue weighted by atomic mass is 32.2. The second-order valence-corrected chi connectivity index (χ2v) is 8.31. The molecule has 0 radical (unpaired) electrons. The minimum Gasteiger partial charge on any atom is -0.361 e. The van der Waals surface area contributed by atoms with E-state index in [1.165, 1.54) is 34.4 Å². The van der Waals surface area contributed by atoms with E-state index in [4.69, 9.17) is 9.51 Å². The molecule has 5 heteroatoms. The van der Waals surface area contributed by atoms with Crippen LogP contribution in [-0.4, -0.2) is 14.7 Å². The summed E-state index contributed by atoms with van der Waals surface area (Å²) in [6.07, 6.45) is 8.04. The van der Waals surface area contributed by atoms with Crippen molar-refractivity contribution < 1.29 is 4.52 Å². The van der Waals surface area contributed by atoms with E-state index in [-0.39, 0.29) is 0 Å². The summed E-state index contributed by atoms with van der Waals surface area (Å²) in [7, 11) is 0. The average molecular weight is 375 g/mol. The van der Waals surface area contributed by atoms with E-state index < -0.39 is 0 Å². The van der Waals surface area contributed by atoms with Crippen LogP contribution in [0.5, 0.6) is 0 Å². The molecule has 0 spiro atoms. The number of hydrogen-bond acceptors (Lipinski definition) is 4. The predicted molar refractivity (Wildman–Crippen MR) is 108 cm³/mol. The molecule has 0 unspecified atom stereocenters. The monoisotopic (exact) mass is 375 g/mol. The van der Waals surface area contributed by atoms with Crippen molar-refractivity contribution in [2.24, 2.45) is 0 Å². The number of aryl methyl sites for hydroxylation is 2. The van der Waals surface area contributed by atoms with Crippen LogP contribution >= 0.6 is 11.8 Å². The molecular formula is C22H21N3OS.